The van der Waals surface area contributed by atoms with E-state index in [9.17, 15) is 0 Å². The van der Waals surface area contributed by atoms with Gasteiger partial charge in [0.1, 0.15) is 24.3 Å². The van der Waals surface area contributed by atoms with E-state index in [1.807, 2.05) is 12.1 Å². The van der Waals surface area contributed by atoms with Crippen LogP contribution in [0, 0.1) is 0 Å². The predicted octanol–water partition coefficient (Wildman–Crippen LogP) is 1.54. The van der Waals surface area contributed by atoms with E-state index < -0.39 is 0 Å². The van der Waals surface area contributed by atoms with Crippen molar-refractivity contribution in [1.29, 1.82) is 0 Å². The van der Waals surface area contributed by atoms with Crippen LogP contribution >= 0.6 is 0 Å². The minimum Gasteiger partial charge on any atom is -0.353 e. The van der Waals surface area contributed by atoms with Gasteiger partial charge in [-0.2, -0.15) is 4.52 Å². The number of hydrogen-bond acceptors (Lipinski definition) is 7. The van der Waals surface area contributed by atoms with E-state index in [1.54, 1.807) is 17.2 Å². The van der Waals surface area contributed by atoms with Gasteiger partial charge in [0.05, 0.1) is 5.69 Å². The number of anilines is 2. The summed E-state index contributed by atoms with van der Waals surface area (Å²) in [5.41, 5.74) is 1.86. The summed E-state index contributed by atoms with van der Waals surface area (Å²) in [6.45, 7) is 10.1. The van der Waals surface area contributed by atoms with Gasteiger partial charge >= 0.3 is 0 Å². The van der Waals surface area contributed by atoms with Crippen LogP contribution in [-0.4, -0.2) is 56.0 Å². The normalized spacial score (nSPS) is 15.8. The third-order valence-corrected chi connectivity index (χ3v) is 4.50. The molecular weight excluding hydrogens is 316 g/mol. The first kappa shape index (κ1) is 15.7. The number of aromatic nitrogens is 6. The van der Waals surface area contributed by atoms with Gasteiger partial charge in [0, 0.05) is 37.7 Å². The SMILES string of the molecule is CC(C)(C)c1cc(N2CCN(c3ccc4nncn4n3)CC2)ncn1. The van der Waals surface area contributed by atoms with Crippen molar-refractivity contribution >= 4 is 17.3 Å². The van der Waals surface area contributed by atoms with Crippen molar-refractivity contribution in [3.8, 4) is 0 Å². The molecule has 1 aliphatic heterocycles. The standard InChI is InChI=1S/C17H22N8/c1-17(2,3)13-10-16(19-11-18-13)24-8-6-23(7-9-24)15-5-4-14-21-20-12-25(14)22-15/h4-5,10-12H,6-9H2,1-3H3. The van der Waals surface area contributed by atoms with Gasteiger partial charge in [-0.25, -0.2) is 9.97 Å². The Morgan fingerprint density at radius 2 is 1.64 bits per heavy atom. The maximum Gasteiger partial charge on any atom is 0.177 e. The first-order valence-corrected chi connectivity index (χ1v) is 8.50. The number of rotatable bonds is 2. The first-order chi connectivity index (χ1) is 12.0. The largest absolute Gasteiger partial charge is 0.353 e. The van der Waals surface area contributed by atoms with Crippen molar-refractivity contribution in [3.63, 3.8) is 0 Å². The fourth-order valence-electron chi connectivity index (χ4n) is 2.98. The summed E-state index contributed by atoms with van der Waals surface area (Å²) in [7, 11) is 0. The molecule has 25 heavy (non-hydrogen) atoms. The summed E-state index contributed by atoms with van der Waals surface area (Å²) < 4.78 is 1.71. The van der Waals surface area contributed by atoms with Gasteiger partial charge in [0.15, 0.2) is 5.65 Å². The molecule has 1 fully saturated rings. The van der Waals surface area contributed by atoms with Crippen LogP contribution in [0.3, 0.4) is 0 Å². The molecule has 3 aromatic rings. The lowest BCUT2D eigenvalue weighted by molar-refractivity contribution is 0.564. The van der Waals surface area contributed by atoms with Gasteiger partial charge in [0.25, 0.3) is 0 Å². The summed E-state index contributed by atoms with van der Waals surface area (Å²) >= 11 is 0. The highest BCUT2D eigenvalue weighted by molar-refractivity contribution is 5.48. The second-order valence-corrected chi connectivity index (χ2v) is 7.31. The number of piperazine rings is 1. The molecule has 0 unspecified atom stereocenters. The topological polar surface area (TPSA) is 75.3 Å². The highest BCUT2D eigenvalue weighted by Gasteiger charge is 2.22. The molecule has 0 spiro atoms. The molecule has 8 nitrogen and oxygen atoms in total. The molecule has 0 radical (unpaired) electrons. The Bertz CT molecular complexity index is 873. The Balaban J connectivity index is 1.48. The molecule has 0 bridgehead atoms. The van der Waals surface area contributed by atoms with E-state index in [1.165, 1.54) is 0 Å². The van der Waals surface area contributed by atoms with E-state index in [4.69, 9.17) is 0 Å². The maximum absolute atomic E-state index is 4.58. The van der Waals surface area contributed by atoms with Crippen LogP contribution in [0.25, 0.3) is 5.65 Å². The van der Waals surface area contributed by atoms with E-state index in [0.717, 1.165) is 49.2 Å². The first-order valence-electron chi connectivity index (χ1n) is 8.50. The molecule has 1 saturated heterocycles. The van der Waals surface area contributed by atoms with Gasteiger partial charge < -0.3 is 9.80 Å². The van der Waals surface area contributed by atoms with E-state index in [-0.39, 0.29) is 5.41 Å². The number of nitrogens with zero attached hydrogens (tertiary/aromatic N) is 8. The highest BCUT2D eigenvalue weighted by Crippen LogP contribution is 2.24. The molecule has 0 atom stereocenters. The third-order valence-electron chi connectivity index (χ3n) is 4.50. The van der Waals surface area contributed by atoms with Crippen LogP contribution in [0.1, 0.15) is 26.5 Å². The van der Waals surface area contributed by atoms with E-state index in [0.29, 0.717) is 0 Å². The lowest BCUT2D eigenvalue weighted by Gasteiger charge is -2.36. The molecule has 0 N–H and O–H groups in total. The van der Waals surface area contributed by atoms with Crippen molar-refractivity contribution in [2.24, 2.45) is 0 Å². The van der Waals surface area contributed by atoms with Crippen molar-refractivity contribution in [2.75, 3.05) is 36.0 Å². The van der Waals surface area contributed by atoms with Gasteiger partial charge in [-0.3, -0.25) is 0 Å². The zero-order valence-electron chi connectivity index (χ0n) is 14.8. The van der Waals surface area contributed by atoms with Crippen LogP contribution in [0.15, 0.2) is 30.9 Å². The fourth-order valence-corrected chi connectivity index (χ4v) is 2.98. The summed E-state index contributed by atoms with van der Waals surface area (Å²) in [5, 5.41) is 12.4. The Kier molecular flexibility index (Phi) is 3.74. The summed E-state index contributed by atoms with van der Waals surface area (Å²) in [6, 6.07) is 6.06. The summed E-state index contributed by atoms with van der Waals surface area (Å²) in [6.07, 6.45) is 3.30. The zero-order valence-corrected chi connectivity index (χ0v) is 14.8. The Morgan fingerprint density at radius 1 is 0.920 bits per heavy atom. The third kappa shape index (κ3) is 3.11. The minimum atomic E-state index is 0.0255. The molecule has 0 aliphatic carbocycles. The smallest absolute Gasteiger partial charge is 0.177 e. The van der Waals surface area contributed by atoms with Crippen molar-refractivity contribution in [2.45, 2.75) is 26.2 Å². The Morgan fingerprint density at radius 3 is 2.36 bits per heavy atom. The minimum absolute atomic E-state index is 0.0255. The van der Waals surface area contributed by atoms with Gasteiger partial charge in [0.2, 0.25) is 0 Å². The second kappa shape index (κ2) is 5.94. The van der Waals surface area contributed by atoms with Crippen LogP contribution in [0.4, 0.5) is 11.6 Å². The summed E-state index contributed by atoms with van der Waals surface area (Å²) in [5.74, 6) is 1.95. The second-order valence-electron chi connectivity index (χ2n) is 7.31. The molecule has 130 valence electrons. The molecular formula is C17H22N8. The molecule has 1 aliphatic rings. The average Bonchev–Trinajstić information content (AvgIpc) is 3.09. The molecule has 0 amide bonds. The monoisotopic (exact) mass is 338 g/mol. The summed E-state index contributed by atoms with van der Waals surface area (Å²) in [4.78, 5) is 13.5. The van der Waals surface area contributed by atoms with Gasteiger partial charge in [-0.1, -0.05) is 20.8 Å². The van der Waals surface area contributed by atoms with Crippen LogP contribution in [-0.2, 0) is 5.41 Å². The highest BCUT2D eigenvalue weighted by atomic mass is 15.4. The van der Waals surface area contributed by atoms with Crippen LogP contribution in [0.2, 0.25) is 0 Å². The molecule has 4 rings (SSSR count). The Hall–Kier alpha value is -2.77. The van der Waals surface area contributed by atoms with E-state index in [2.05, 4.69) is 61.9 Å². The van der Waals surface area contributed by atoms with Crippen molar-refractivity contribution < 1.29 is 0 Å². The fraction of sp³-hybridized carbons (Fsp3) is 0.471. The van der Waals surface area contributed by atoms with Crippen molar-refractivity contribution in [3.05, 3.63) is 36.5 Å². The number of fused-ring (bicyclic) bond motifs is 1. The molecule has 3 aromatic heterocycles. The molecule has 4 heterocycles. The lowest BCUT2D eigenvalue weighted by Crippen LogP contribution is -2.47. The predicted molar refractivity (Wildman–Crippen MR) is 95.9 cm³/mol. The van der Waals surface area contributed by atoms with E-state index >= 15 is 0 Å². The lowest BCUT2D eigenvalue weighted by atomic mass is 9.92. The molecule has 8 heteroatoms. The van der Waals surface area contributed by atoms with Crippen LogP contribution in [0.5, 0.6) is 0 Å². The quantitative estimate of drug-likeness (QED) is 0.701. The molecule has 0 saturated carbocycles. The van der Waals surface area contributed by atoms with Gasteiger partial charge in [-0.05, 0) is 12.1 Å². The van der Waals surface area contributed by atoms with Crippen molar-refractivity contribution in [1.82, 2.24) is 29.8 Å². The average molecular weight is 338 g/mol. The van der Waals surface area contributed by atoms with Crippen LogP contribution < -0.4 is 9.80 Å². The zero-order chi connectivity index (χ0) is 17.4. The number of hydrogen-bond donors (Lipinski definition) is 0. The maximum atomic E-state index is 4.58. The molecule has 0 aromatic carbocycles. The Labute approximate surface area is 146 Å². The van der Waals surface area contributed by atoms with Gasteiger partial charge in [-0.15, -0.1) is 15.3 Å².